The number of hydrogen-bond acceptors (Lipinski definition) is 1. The molecule has 0 aromatic heterocycles. The zero-order chi connectivity index (χ0) is 11.0. The molecule has 0 fully saturated rings. The summed E-state index contributed by atoms with van der Waals surface area (Å²) in [5.41, 5.74) is 0. The van der Waals surface area contributed by atoms with Crippen molar-refractivity contribution in [2.75, 3.05) is 6.54 Å². The summed E-state index contributed by atoms with van der Waals surface area (Å²) in [6.45, 7) is 7.07. The van der Waals surface area contributed by atoms with Gasteiger partial charge in [-0.15, -0.1) is 0 Å². The van der Waals surface area contributed by atoms with E-state index < -0.39 is 0 Å². The van der Waals surface area contributed by atoms with E-state index in [1.54, 1.807) is 0 Å². The van der Waals surface area contributed by atoms with Crippen LogP contribution >= 0.6 is 15.9 Å². The summed E-state index contributed by atoms with van der Waals surface area (Å²) in [6, 6.07) is 0. The number of amides is 1. The van der Waals surface area contributed by atoms with Crippen molar-refractivity contribution in [2.24, 2.45) is 5.92 Å². The van der Waals surface area contributed by atoms with Crippen molar-refractivity contribution in [1.82, 2.24) is 5.32 Å². The lowest BCUT2D eigenvalue weighted by atomic mass is 10.0. The standard InChI is InChI=1S/C11H22BrNO/c1-4-10(5-2)11(14)13-8-6-7-9(3)12/h9-10H,4-8H2,1-3H3,(H,13,14). The second-order valence-electron chi connectivity index (χ2n) is 3.73. The largest absolute Gasteiger partial charge is 0.356 e. The van der Waals surface area contributed by atoms with Gasteiger partial charge in [0, 0.05) is 17.3 Å². The summed E-state index contributed by atoms with van der Waals surface area (Å²) < 4.78 is 0. The summed E-state index contributed by atoms with van der Waals surface area (Å²) in [5.74, 6) is 0.425. The molecule has 3 heteroatoms. The molecule has 14 heavy (non-hydrogen) atoms. The van der Waals surface area contributed by atoms with Gasteiger partial charge in [0.05, 0.1) is 0 Å². The van der Waals surface area contributed by atoms with Gasteiger partial charge in [0.25, 0.3) is 0 Å². The van der Waals surface area contributed by atoms with Crippen molar-refractivity contribution in [2.45, 2.75) is 51.3 Å². The molecule has 0 saturated heterocycles. The van der Waals surface area contributed by atoms with Gasteiger partial charge in [0.1, 0.15) is 0 Å². The van der Waals surface area contributed by atoms with Crippen LogP contribution in [0.4, 0.5) is 0 Å². The van der Waals surface area contributed by atoms with Crippen LogP contribution in [0.5, 0.6) is 0 Å². The maximum Gasteiger partial charge on any atom is 0.223 e. The monoisotopic (exact) mass is 263 g/mol. The summed E-state index contributed by atoms with van der Waals surface area (Å²) in [7, 11) is 0. The van der Waals surface area contributed by atoms with E-state index in [-0.39, 0.29) is 11.8 Å². The van der Waals surface area contributed by atoms with Gasteiger partial charge in [-0.2, -0.15) is 0 Å². The van der Waals surface area contributed by atoms with E-state index in [2.05, 4.69) is 42.0 Å². The van der Waals surface area contributed by atoms with E-state index in [9.17, 15) is 4.79 Å². The van der Waals surface area contributed by atoms with Gasteiger partial charge in [-0.3, -0.25) is 4.79 Å². The zero-order valence-corrected chi connectivity index (χ0v) is 11.1. The fraction of sp³-hybridized carbons (Fsp3) is 0.909. The molecular weight excluding hydrogens is 242 g/mol. The first-order chi connectivity index (χ1) is 6.61. The third-order valence-corrected chi connectivity index (χ3v) is 2.89. The van der Waals surface area contributed by atoms with Crippen LogP contribution in [0.2, 0.25) is 0 Å². The van der Waals surface area contributed by atoms with Crippen LogP contribution in [0.3, 0.4) is 0 Å². The number of alkyl halides is 1. The van der Waals surface area contributed by atoms with E-state index in [0.717, 1.165) is 32.2 Å². The second-order valence-corrected chi connectivity index (χ2v) is 5.29. The molecule has 0 bridgehead atoms. The van der Waals surface area contributed by atoms with Gasteiger partial charge in [0.15, 0.2) is 0 Å². The molecule has 1 atom stereocenters. The third-order valence-electron chi connectivity index (χ3n) is 2.43. The molecule has 0 aliphatic carbocycles. The maximum absolute atomic E-state index is 11.5. The zero-order valence-electron chi connectivity index (χ0n) is 9.48. The lowest BCUT2D eigenvalue weighted by Gasteiger charge is -2.12. The maximum atomic E-state index is 11.5. The van der Waals surface area contributed by atoms with Gasteiger partial charge < -0.3 is 5.32 Å². The van der Waals surface area contributed by atoms with Crippen LogP contribution in [0.25, 0.3) is 0 Å². The molecule has 0 rings (SSSR count). The molecule has 0 aliphatic rings. The topological polar surface area (TPSA) is 29.1 Å². The molecule has 1 N–H and O–H groups in total. The van der Waals surface area contributed by atoms with Crippen molar-refractivity contribution in [3.8, 4) is 0 Å². The molecule has 84 valence electrons. The van der Waals surface area contributed by atoms with Crippen LogP contribution in [-0.4, -0.2) is 17.3 Å². The molecule has 0 saturated carbocycles. The Hall–Kier alpha value is -0.0500. The molecule has 1 unspecified atom stereocenters. The van der Waals surface area contributed by atoms with Crippen LogP contribution in [-0.2, 0) is 4.79 Å². The van der Waals surface area contributed by atoms with Gasteiger partial charge >= 0.3 is 0 Å². The molecule has 0 aromatic carbocycles. The van der Waals surface area contributed by atoms with Gasteiger partial charge in [-0.25, -0.2) is 0 Å². The predicted molar refractivity (Wildman–Crippen MR) is 64.7 cm³/mol. The summed E-state index contributed by atoms with van der Waals surface area (Å²) in [4.78, 5) is 12.1. The molecule has 0 aliphatic heterocycles. The Kier molecular flexibility index (Phi) is 8.24. The minimum atomic E-state index is 0.205. The molecular formula is C11H22BrNO. The number of hydrogen-bond donors (Lipinski definition) is 1. The lowest BCUT2D eigenvalue weighted by molar-refractivity contribution is -0.125. The predicted octanol–water partition coefficient (Wildman–Crippen LogP) is 3.10. The van der Waals surface area contributed by atoms with Crippen molar-refractivity contribution in [3.05, 3.63) is 0 Å². The Bertz CT molecular complexity index is 155. The van der Waals surface area contributed by atoms with E-state index >= 15 is 0 Å². The SMILES string of the molecule is CCC(CC)C(=O)NCCCC(C)Br. The van der Waals surface area contributed by atoms with Crippen LogP contribution in [0.15, 0.2) is 0 Å². The molecule has 0 radical (unpaired) electrons. The molecule has 0 heterocycles. The van der Waals surface area contributed by atoms with E-state index in [1.807, 2.05) is 0 Å². The smallest absolute Gasteiger partial charge is 0.223 e. The Morgan fingerprint density at radius 3 is 2.36 bits per heavy atom. The third kappa shape index (κ3) is 6.41. The van der Waals surface area contributed by atoms with E-state index in [0.29, 0.717) is 4.83 Å². The highest BCUT2D eigenvalue weighted by Gasteiger charge is 2.12. The van der Waals surface area contributed by atoms with Crippen molar-refractivity contribution in [1.29, 1.82) is 0 Å². The Morgan fingerprint density at radius 2 is 1.93 bits per heavy atom. The molecule has 1 amide bonds. The fourth-order valence-corrected chi connectivity index (χ4v) is 1.72. The summed E-state index contributed by atoms with van der Waals surface area (Å²) >= 11 is 3.49. The van der Waals surface area contributed by atoms with Crippen LogP contribution in [0.1, 0.15) is 46.5 Å². The number of carbonyl (C=O) groups is 1. The summed E-state index contributed by atoms with van der Waals surface area (Å²) in [6.07, 6.45) is 4.05. The van der Waals surface area contributed by atoms with Gasteiger partial charge in [0.2, 0.25) is 5.91 Å². The highest BCUT2D eigenvalue weighted by molar-refractivity contribution is 9.09. The minimum Gasteiger partial charge on any atom is -0.356 e. The van der Waals surface area contributed by atoms with Crippen molar-refractivity contribution in [3.63, 3.8) is 0 Å². The average Bonchev–Trinajstić information content (AvgIpc) is 2.14. The molecule has 0 aromatic rings. The second kappa shape index (κ2) is 8.27. The van der Waals surface area contributed by atoms with Gasteiger partial charge in [-0.1, -0.05) is 36.7 Å². The summed E-state index contributed by atoms with van der Waals surface area (Å²) in [5, 5.41) is 2.98. The van der Waals surface area contributed by atoms with E-state index in [1.165, 1.54) is 0 Å². The van der Waals surface area contributed by atoms with Crippen LogP contribution in [0, 0.1) is 5.92 Å². The number of carbonyl (C=O) groups excluding carboxylic acids is 1. The quantitative estimate of drug-likeness (QED) is 0.555. The Labute approximate surface area is 96.0 Å². The van der Waals surface area contributed by atoms with Crippen molar-refractivity contribution >= 4 is 21.8 Å². The minimum absolute atomic E-state index is 0.205. The van der Waals surface area contributed by atoms with Crippen LogP contribution < -0.4 is 5.32 Å². The first-order valence-electron chi connectivity index (χ1n) is 5.53. The van der Waals surface area contributed by atoms with E-state index in [4.69, 9.17) is 0 Å². The average molecular weight is 264 g/mol. The molecule has 0 spiro atoms. The number of nitrogens with one attached hydrogen (secondary N) is 1. The highest BCUT2D eigenvalue weighted by Crippen LogP contribution is 2.08. The first-order valence-corrected chi connectivity index (χ1v) is 6.45. The highest BCUT2D eigenvalue weighted by atomic mass is 79.9. The number of rotatable bonds is 7. The lowest BCUT2D eigenvalue weighted by Crippen LogP contribution is -2.31. The van der Waals surface area contributed by atoms with Crippen molar-refractivity contribution < 1.29 is 4.79 Å². The first kappa shape index (κ1) is 13.9. The fourth-order valence-electron chi connectivity index (χ4n) is 1.40. The normalized spacial score (nSPS) is 12.9. The Balaban J connectivity index is 3.52. The molecule has 2 nitrogen and oxygen atoms in total. The van der Waals surface area contributed by atoms with Gasteiger partial charge in [-0.05, 0) is 25.7 Å². The Morgan fingerprint density at radius 1 is 1.36 bits per heavy atom. The number of halogens is 1.